The Hall–Kier alpha value is -3.27. The van der Waals surface area contributed by atoms with Gasteiger partial charge in [-0.15, -0.1) is 11.3 Å². The smallest absolute Gasteiger partial charge is 0.420 e. The van der Waals surface area contributed by atoms with Crippen LogP contribution in [0.2, 0.25) is 5.02 Å². The van der Waals surface area contributed by atoms with Crippen LogP contribution in [0.4, 0.5) is 28.4 Å². The van der Waals surface area contributed by atoms with E-state index in [0.29, 0.717) is 76.8 Å². The van der Waals surface area contributed by atoms with E-state index in [0.717, 1.165) is 29.5 Å². The number of phenols is 1. The molecule has 5 aliphatic rings. The van der Waals surface area contributed by atoms with Crippen molar-refractivity contribution in [1.82, 2.24) is 29.8 Å². The molecule has 2 bridgehead atoms. The van der Waals surface area contributed by atoms with Crippen LogP contribution in [-0.4, -0.2) is 124 Å². The summed E-state index contributed by atoms with van der Waals surface area (Å²) in [5.74, 6) is -1.44. The Bertz CT molecular complexity index is 1600. The largest absolute Gasteiger partial charge is 0.506 e. The molecule has 272 valence electrons. The monoisotopic (exact) mass is 737 g/mol. The van der Waals surface area contributed by atoms with Crippen molar-refractivity contribution in [3.8, 4) is 5.75 Å². The Morgan fingerprint density at radius 1 is 1.00 bits per heavy atom. The quantitative estimate of drug-likeness (QED) is 0.384. The lowest BCUT2D eigenvalue weighted by molar-refractivity contribution is -0.138. The number of rotatable bonds is 6. The Kier molecular flexibility index (Phi) is 9.87. The molecular weight excluding hydrogens is 695 g/mol. The first-order chi connectivity index (χ1) is 23.9. The number of nitrogens with one attached hydrogen (secondary N) is 2. The summed E-state index contributed by atoms with van der Waals surface area (Å²) in [5, 5.41) is 17.3. The van der Waals surface area contributed by atoms with Crippen LogP contribution in [0.5, 0.6) is 5.75 Å². The van der Waals surface area contributed by atoms with Gasteiger partial charge in [0.15, 0.2) is 0 Å². The van der Waals surface area contributed by atoms with E-state index in [1.54, 1.807) is 26.0 Å². The summed E-state index contributed by atoms with van der Waals surface area (Å²) in [5.41, 5.74) is -0.394. The number of urea groups is 2. The van der Waals surface area contributed by atoms with Crippen LogP contribution in [0.3, 0.4) is 0 Å². The first-order valence-corrected chi connectivity index (χ1v) is 18.6. The zero-order valence-electron chi connectivity index (χ0n) is 27.9. The number of hydrogen-bond acceptors (Lipinski definition) is 7. The van der Waals surface area contributed by atoms with Gasteiger partial charge in [0.2, 0.25) is 5.91 Å². The highest BCUT2D eigenvalue weighted by atomic mass is 35.5. The summed E-state index contributed by atoms with van der Waals surface area (Å²) < 4.78 is 41.3. The molecule has 2 unspecified atom stereocenters. The third-order valence-corrected chi connectivity index (χ3v) is 12.6. The minimum Gasteiger partial charge on any atom is -0.506 e. The number of piperidine rings is 2. The van der Waals surface area contributed by atoms with Crippen LogP contribution in [0.1, 0.15) is 54.5 Å². The molecule has 6 heterocycles. The van der Waals surface area contributed by atoms with E-state index < -0.39 is 34.6 Å². The SMILES string of the molecule is CN1C2CCC1CC(N1CCN(C(=O)[C@@H](Cc3cc(Cl)c(O)c(C(F)(F)F)c3)NC(=O)N3CCC(N4Cc5sccc5NC4=O)CC3)CC1)C2. The number of carbonyl (C=O) groups is 3. The molecule has 4 saturated heterocycles. The minimum absolute atomic E-state index is 0.0669. The molecule has 0 aliphatic carbocycles. The number of fused-ring (bicyclic) bond motifs is 3. The van der Waals surface area contributed by atoms with E-state index in [9.17, 15) is 32.7 Å². The Morgan fingerprint density at radius 3 is 2.34 bits per heavy atom. The second kappa shape index (κ2) is 14.0. The van der Waals surface area contributed by atoms with Gasteiger partial charge in [-0.2, -0.15) is 13.2 Å². The normalized spacial score (nSPS) is 25.7. The molecule has 0 spiro atoms. The van der Waals surface area contributed by atoms with Crippen molar-refractivity contribution in [2.24, 2.45) is 0 Å². The summed E-state index contributed by atoms with van der Waals surface area (Å²) in [6.07, 6.45) is 0.642. The molecule has 7 rings (SSSR count). The number of phenolic OH excluding ortho intramolecular Hbond substituents is 1. The predicted octanol–water partition coefficient (Wildman–Crippen LogP) is 5.03. The van der Waals surface area contributed by atoms with Gasteiger partial charge < -0.3 is 35.3 Å². The topological polar surface area (TPSA) is 112 Å². The maximum atomic E-state index is 14.1. The van der Waals surface area contributed by atoms with Gasteiger partial charge in [0.05, 0.1) is 22.8 Å². The number of alkyl halides is 3. The van der Waals surface area contributed by atoms with Crippen molar-refractivity contribution in [2.45, 2.75) is 87.9 Å². The van der Waals surface area contributed by atoms with Gasteiger partial charge in [-0.25, -0.2) is 9.59 Å². The molecule has 0 saturated carbocycles. The molecule has 1 aromatic heterocycles. The lowest BCUT2D eigenvalue weighted by atomic mass is 9.95. The Balaban J connectivity index is 1.02. The number of benzene rings is 1. The molecule has 11 nitrogen and oxygen atoms in total. The van der Waals surface area contributed by atoms with E-state index in [2.05, 4.69) is 27.5 Å². The summed E-state index contributed by atoms with van der Waals surface area (Å²) in [6.45, 7) is 3.48. The minimum atomic E-state index is -4.86. The fraction of sp³-hybridized carbons (Fsp3) is 0.618. The predicted molar refractivity (Wildman–Crippen MR) is 183 cm³/mol. The lowest BCUT2D eigenvalue weighted by Gasteiger charge is -2.45. The standard InChI is InChI=1S/C34H43ClF3N7O4S/c1-41-22-2-3-23(41)18-24(17-22)42-9-11-43(12-10-42)31(47)28(16-20-14-25(34(36,37)38)30(46)26(35)15-20)40-32(48)44-7-4-21(5-8-44)45-19-29-27(6-13-50-29)39-33(45)49/h6,13-15,21-24,28,46H,2-5,7-12,16-19H2,1H3,(H,39,49)(H,40,48)/t22?,23?,24?,28-/m1/s1. The number of carbonyl (C=O) groups excluding carboxylic acids is 3. The highest BCUT2D eigenvalue weighted by Crippen LogP contribution is 2.41. The number of aromatic hydroxyl groups is 1. The summed E-state index contributed by atoms with van der Waals surface area (Å²) >= 11 is 7.60. The summed E-state index contributed by atoms with van der Waals surface area (Å²) in [4.78, 5) is 51.6. The molecular formula is C34H43ClF3N7O4S. The zero-order chi connectivity index (χ0) is 35.3. The third-order valence-electron chi connectivity index (χ3n) is 11.4. The average Bonchev–Trinajstić information content (AvgIpc) is 3.61. The number of hydrogen-bond donors (Lipinski definition) is 3. The third kappa shape index (κ3) is 7.10. The number of likely N-dealkylation sites (tertiary alicyclic amines) is 1. The summed E-state index contributed by atoms with van der Waals surface area (Å²) in [6, 6.07) is 3.63. The molecule has 1 aromatic carbocycles. The summed E-state index contributed by atoms with van der Waals surface area (Å²) in [7, 11) is 2.21. The van der Waals surface area contributed by atoms with Crippen LogP contribution < -0.4 is 10.6 Å². The van der Waals surface area contributed by atoms with Crippen LogP contribution in [0, 0.1) is 0 Å². The fourth-order valence-corrected chi connectivity index (χ4v) is 9.61. The number of halogens is 4. The molecule has 2 aromatic rings. The van der Waals surface area contributed by atoms with E-state index in [-0.39, 0.29) is 30.0 Å². The second-order valence-corrected chi connectivity index (χ2v) is 15.7. The van der Waals surface area contributed by atoms with Gasteiger partial charge in [0, 0.05) is 74.7 Å². The molecule has 50 heavy (non-hydrogen) atoms. The molecule has 3 atom stereocenters. The maximum Gasteiger partial charge on any atom is 0.420 e. The van der Waals surface area contributed by atoms with Crippen LogP contribution >= 0.6 is 22.9 Å². The van der Waals surface area contributed by atoms with Gasteiger partial charge in [-0.05, 0) is 74.7 Å². The highest BCUT2D eigenvalue weighted by molar-refractivity contribution is 7.10. The van der Waals surface area contributed by atoms with Gasteiger partial charge in [0.25, 0.3) is 0 Å². The number of thiophene rings is 1. The number of piperazine rings is 1. The number of amides is 5. The van der Waals surface area contributed by atoms with Crippen molar-refractivity contribution in [3.05, 3.63) is 44.6 Å². The Labute approximate surface area is 298 Å². The molecule has 5 amide bonds. The molecule has 3 N–H and O–H groups in total. The number of anilines is 1. The van der Waals surface area contributed by atoms with E-state index in [1.165, 1.54) is 18.9 Å². The van der Waals surface area contributed by atoms with Gasteiger partial charge in [0.1, 0.15) is 11.8 Å². The van der Waals surface area contributed by atoms with Crippen LogP contribution in [0.15, 0.2) is 23.6 Å². The zero-order valence-corrected chi connectivity index (χ0v) is 29.5. The number of nitrogens with zero attached hydrogens (tertiary/aromatic N) is 5. The molecule has 16 heteroatoms. The Morgan fingerprint density at radius 2 is 1.68 bits per heavy atom. The van der Waals surface area contributed by atoms with Gasteiger partial charge in [-0.1, -0.05) is 11.6 Å². The van der Waals surface area contributed by atoms with Gasteiger partial charge >= 0.3 is 18.2 Å². The fourth-order valence-electron chi connectivity index (χ4n) is 8.54. The van der Waals surface area contributed by atoms with Crippen molar-refractivity contribution in [1.29, 1.82) is 0 Å². The lowest BCUT2D eigenvalue weighted by Crippen LogP contribution is -2.60. The molecule has 5 aliphatic heterocycles. The van der Waals surface area contributed by atoms with E-state index >= 15 is 0 Å². The molecule has 0 radical (unpaired) electrons. The van der Waals surface area contributed by atoms with E-state index in [1.807, 2.05) is 11.4 Å². The first kappa shape index (κ1) is 35.1. The van der Waals surface area contributed by atoms with Crippen LogP contribution in [0.25, 0.3) is 0 Å². The molecule has 4 fully saturated rings. The van der Waals surface area contributed by atoms with Crippen molar-refractivity contribution in [2.75, 3.05) is 51.6 Å². The average molecular weight is 738 g/mol. The van der Waals surface area contributed by atoms with Crippen molar-refractivity contribution >= 4 is 46.6 Å². The maximum absolute atomic E-state index is 14.1. The van der Waals surface area contributed by atoms with Crippen LogP contribution in [-0.2, 0) is 23.9 Å². The van der Waals surface area contributed by atoms with E-state index in [4.69, 9.17) is 11.6 Å². The highest BCUT2D eigenvalue weighted by Gasteiger charge is 2.42. The first-order valence-electron chi connectivity index (χ1n) is 17.4. The van der Waals surface area contributed by atoms with Crippen molar-refractivity contribution < 1.29 is 32.7 Å². The van der Waals surface area contributed by atoms with Crippen molar-refractivity contribution in [3.63, 3.8) is 0 Å². The second-order valence-electron chi connectivity index (χ2n) is 14.2. The van der Waals surface area contributed by atoms with Gasteiger partial charge in [-0.3, -0.25) is 9.69 Å².